The molecule has 2 aromatic carbocycles. The molecule has 12 heteroatoms. The van der Waals surface area contributed by atoms with E-state index in [1.807, 2.05) is 0 Å². The number of rotatable bonds is 4. The summed E-state index contributed by atoms with van der Waals surface area (Å²) in [7, 11) is 0. The molecule has 2 heterocycles. The van der Waals surface area contributed by atoms with Crippen LogP contribution in [0.25, 0.3) is 11.0 Å². The number of nitrogens with two attached hydrogens (primary N) is 1. The summed E-state index contributed by atoms with van der Waals surface area (Å²) in [6.07, 6.45) is -7.91. The molecule has 2 unspecified atom stereocenters. The summed E-state index contributed by atoms with van der Waals surface area (Å²) >= 11 is 0. The van der Waals surface area contributed by atoms with E-state index in [4.69, 9.17) is 15.0 Å². The maximum atomic E-state index is 12.8. The van der Waals surface area contributed by atoms with Crippen molar-refractivity contribution in [2.45, 2.75) is 18.4 Å². The molecule has 1 saturated heterocycles. The number of hydrogen-bond donors (Lipinski definition) is 3. The lowest BCUT2D eigenvalue weighted by Gasteiger charge is -2.34. The number of carbonyl (C=O) groups excluding carboxylic acids is 2. The lowest BCUT2D eigenvalue weighted by Crippen LogP contribution is -2.55. The smallest absolute Gasteiger partial charge is 0.380 e. The van der Waals surface area contributed by atoms with Gasteiger partial charge in [0.05, 0.1) is 17.6 Å². The van der Waals surface area contributed by atoms with E-state index in [1.54, 1.807) is 6.07 Å². The summed E-state index contributed by atoms with van der Waals surface area (Å²) in [6, 6.07) is 8.52. The summed E-state index contributed by atoms with van der Waals surface area (Å²) in [4.78, 5) is 26.4. The molecule has 1 aromatic heterocycles. The van der Waals surface area contributed by atoms with Gasteiger partial charge < -0.3 is 30.3 Å². The first kappa shape index (κ1) is 21.6. The van der Waals surface area contributed by atoms with Gasteiger partial charge >= 0.3 is 6.18 Å². The van der Waals surface area contributed by atoms with E-state index in [9.17, 15) is 27.9 Å². The van der Waals surface area contributed by atoms with Crippen LogP contribution in [0.15, 0.2) is 47.0 Å². The van der Waals surface area contributed by atoms with Crippen molar-refractivity contribution in [2.24, 2.45) is 0 Å². The Morgan fingerprint density at radius 1 is 1.25 bits per heavy atom. The summed E-state index contributed by atoms with van der Waals surface area (Å²) in [5, 5.41) is 17.0. The standard InChI is InChI=1S/C20H17F3N4O5/c21-20(22,23)10-1-4-12(5-2-10)27-7-8-31-16(19(27)30)15(28)18(29)25-11-3-6-13-14(9-11)32-26-17(13)24/h1-6,9,15-16,28H,7-8H2,(H2,24,26)(H,25,29). The average molecular weight is 450 g/mol. The van der Waals surface area contributed by atoms with Gasteiger partial charge in [-0.25, -0.2) is 0 Å². The van der Waals surface area contributed by atoms with Gasteiger partial charge in [-0.05, 0) is 36.4 Å². The zero-order chi connectivity index (χ0) is 23.0. The number of nitrogens with zero attached hydrogens (tertiary/aromatic N) is 2. The van der Waals surface area contributed by atoms with Gasteiger partial charge in [0.15, 0.2) is 23.6 Å². The number of alkyl halides is 3. The first-order chi connectivity index (χ1) is 15.1. The van der Waals surface area contributed by atoms with Gasteiger partial charge in [0.2, 0.25) is 0 Å². The van der Waals surface area contributed by atoms with Crippen molar-refractivity contribution >= 4 is 40.0 Å². The van der Waals surface area contributed by atoms with E-state index >= 15 is 0 Å². The highest BCUT2D eigenvalue weighted by atomic mass is 19.4. The van der Waals surface area contributed by atoms with Crippen molar-refractivity contribution in [3.8, 4) is 0 Å². The van der Waals surface area contributed by atoms with Crippen molar-refractivity contribution in [2.75, 3.05) is 29.1 Å². The van der Waals surface area contributed by atoms with E-state index < -0.39 is 35.8 Å². The zero-order valence-corrected chi connectivity index (χ0v) is 16.3. The normalized spacial score (nSPS) is 18.1. The van der Waals surface area contributed by atoms with Crippen molar-refractivity contribution in [3.05, 3.63) is 48.0 Å². The van der Waals surface area contributed by atoms with Crippen molar-refractivity contribution in [1.82, 2.24) is 5.16 Å². The molecule has 0 radical (unpaired) electrons. The molecule has 0 aliphatic carbocycles. The molecular formula is C20H17F3N4O5. The van der Waals surface area contributed by atoms with Gasteiger partial charge in [-0.2, -0.15) is 13.2 Å². The molecule has 3 aromatic rings. The molecule has 0 bridgehead atoms. The first-order valence-corrected chi connectivity index (χ1v) is 9.39. The third kappa shape index (κ3) is 4.09. The molecule has 2 atom stereocenters. The number of morpholine rings is 1. The Hall–Kier alpha value is -3.64. The molecule has 0 spiro atoms. The number of aliphatic hydroxyl groups is 1. The van der Waals surface area contributed by atoms with E-state index in [-0.39, 0.29) is 30.3 Å². The monoisotopic (exact) mass is 450 g/mol. The minimum absolute atomic E-state index is 0.0227. The highest BCUT2D eigenvalue weighted by Crippen LogP contribution is 2.31. The second kappa shape index (κ2) is 8.13. The fraction of sp³-hybridized carbons (Fsp3) is 0.250. The minimum atomic E-state index is -4.51. The first-order valence-electron chi connectivity index (χ1n) is 9.39. The zero-order valence-electron chi connectivity index (χ0n) is 16.3. The number of benzene rings is 2. The number of nitrogens with one attached hydrogen (secondary N) is 1. The minimum Gasteiger partial charge on any atom is -0.380 e. The summed E-state index contributed by atoms with van der Waals surface area (Å²) in [5.41, 5.74) is 5.54. The largest absolute Gasteiger partial charge is 0.416 e. The molecular weight excluding hydrogens is 433 g/mol. The van der Waals surface area contributed by atoms with Crippen LogP contribution in [0.3, 0.4) is 0 Å². The molecule has 1 aliphatic rings. The number of halogens is 3. The van der Waals surface area contributed by atoms with Crippen molar-refractivity contribution < 1.29 is 37.1 Å². The van der Waals surface area contributed by atoms with Crippen LogP contribution >= 0.6 is 0 Å². The van der Waals surface area contributed by atoms with Crippen LogP contribution in [0.4, 0.5) is 30.4 Å². The maximum Gasteiger partial charge on any atom is 0.416 e. The second-order valence-electron chi connectivity index (χ2n) is 7.04. The highest BCUT2D eigenvalue weighted by Gasteiger charge is 2.39. The predicted octanol–water partition coefficient (Wildman–Crippen LogP) is 2.16. The van der Waals surface area contributed by atoms with E-state index in [0.29, 0.717) is 11.0 Å². The Labute approximate surface area is 178 Å². The number of ether oxygens (including phenoxy) is 1. The second-order valence-corrected chi connectivity index (χ2v) is 7.04. The molecule has 9 nitrogen and oxygen atoms in total. The van der Waals surface area contributed by atoms with Gasteiger partial charge in [-0.1, -0.05) is 5.16 Å². The Balaban J connectivity index is 1.47. The fourth-order valence-corrected chi connectivity index (χ4v) is 3.31. The molecule has 4 N–H and O–H groups in total. The Morgan fingerprint density at radius 3 is 2.66 bits per heavy atom. The third-order valence-corrected chi connectivity index (χ3v) is 4.95. The number of aliphatic hydroxyl groups excluding tert-OH is 1. The van der Waals surface area contributed by atoms with Crippen LogP contribution in [-0.4, -0.2) is 47.4 Å². The van der Waals surface area contributed by atoms with Gasteiger partial charge in [0, 0.05) is 24.0 Å². The summed E-state index contributed by atoms with van der Waals surface area (Å²) in [5.74, 6) is -1.48. The van der Waals surface area contributed by atoms with Gasteiger partial charge in [-0.3, -0.25) is 9.59 Å². The van der Waals surface area contributed by atoms with Gasteiger partial charge in [-0.15, -0.1) is 0 Å². The Morgan fingerprint density at radius 2 is 1.97 bits per heavy atom. The SMILES string of the molecule is Nc1noc2cc(NC(=O)C(O)C3OCCN(c4ccc(C(F)(F)F)cc4)C3=O)ccc12. The van der Waals surface area contributed by atoms with Crippen molar-refractivity contribution in [3.63, 3.8) is 0 Å². The molecule has 4 rings (SSSR count). The van der Waals surface area contributed by atoms with Crippen molar-refractivity contribution in [1.29, 1.82) is 0 Å². The molecule has 2 amide bonds. The molecule has 168 valence electrons. The summed E-state index contributed by atoms with van der Waals surface area (Å²) in [6.45, 7) is 0.0314. The number of nitrogen functional groups attached to an aromatic ring is 1. The molecule has 0 saturated carbocycles. The van der Waals surface area contributed by atoms with Gasteiger partial charge in [0.25, 0.3) is 11.8 Å². The average Bonchev–Trinajstić information content (AvgIpc) is 3.13. The summed E-state index contributed by atoms with van der Waals surface area (Å²) < 4.78 is 48.6. The number of amides is 2. The Kier molecular flexibility index (Phi) is 5.48. The molecule has 1 aliphatic heterocycles. The van der Waals surface area contributed by atoms with Crippen LogP contribution in [-0.2, 0) is 20.5 Å². The van der Waals surface area contributed by atoms with E-state index in [0.717, 1.165) is 29.2 Å². The fourth-order valence-electron chi connectivity index (χ4n) is 3.31. The van der Waals surface area contributed by atoms with Crippen LogP contribution in [0.2, 0.25) is 0 Å². The lowest BCUT2D eigenvalue weighted by molar-refractivity contribution is -0.150. The number of fused-ring (bicyclic) bond motifs is 1. The van der Waals surface area contributed by atoms with Crippen LogP contribution < -0.4 is 16.0 Å². The predicted molar refractivity (Wildman–Crippen MR) is 107 cm³/mol. The van der Waals surface area contributed by atoms with Crippen LogP contribution in [0.5, 0.6) is 0 Å². The maximum absolute atomic E-state index is 12.8. The lowest BCUT2D eigenvalue weighted by atomic mass is 10.1. The number of aromatic nitrogens is 1. The third-order valence-electron chi connectivity index (χ3n) is 4.95. The van der Waals surface area contributed by atoms with Gasteiger partial charge in [0.1, 0.15) is 0 Å². The van der Waals surface area contributed by atoms with E-state index in [2.05, 4.69) is 10.5 Å². The molecule has 1 fully saturated rings. The van der Waals surface area contributed by atoms with Crippen LogP contribution in [0.1, 0.15) is 5.56 Å². The number of anilines is 3. The van der Waals surface area contributed by atoms with Crippen LogP contribution in [0, 0.1) is 0 Å². The number of hydrogen-bond acceptors (Lipinski definition) is 7. The topological polar surface area (TPSA) is 131 Å². The number of carbonyl (C=O) groups is 2. The quantitative estimate of drug-likeness (QED) is 0.555. The van der Waals surface area contributed by atoms with E-state index in [1.165, 1.54) is 12.1 Å². The highest BCUT2D eigenvalue weighted by molar-refractivity contribution is 6.04. The Bertz CT molecular complexity index is 1160. The molecule has 32 heavy (non-hydrogen) atoms.